The van der Waals surface area contributed by atoms with Crippen LogP contribution in [0.4, 0.5) is 13.2 Å². The third kappa shape index (κ3) is 4.71. The number of piperazine rings is 1. The molecule has 0 N–H and O–H groups in total. The minimum atomic E-state index is -4.59. The monoisotopic (exact) mass is 447 g/mol. The minimum Gasteiger partial charge on any atom is -0.339 e. The van der Waals surface area contributed by atoms with E-state index in [0.717, 1.165) is 21.3 Å². The molecule has 0 saturated carbocycles. The van der Waals surface area contributed by atoms with E-state index in [-0.39, 0.29) is 24.6 Å². The number of amides is 2. The second-order valence-corrected chi connectivity index (χ2v) is 8.41. The van der Waals surface area contributed by atoms with Crippen LogP contribution in [0.3, 0.4) is 0 Å². The Labute approximate surface area is 181 Å². The van der Waals surface area contributed by atoms with E-state index in [1.54, 1.807) is 16.2 Å². The fraction of sp³-hybridized carbons (Fsp3) is 0.318. The highest BCUT2D eigenvalue weighted by Gasteiger charge is 2.36. The number of benzene rings is 2. The predicted molar refractivity (Wildman–Crippen MR) is 112 cm³/mol. The van der Waals surface area contributed by atoms with E-state index in [2.05, 4.69) is 4.98 Å². The van der Waals surface area contributed by atoms with Crippen LogP contribution in [0.15, 0.2) is 48.5 Å². The van der Waals surface area contributed by atoms with Crippen LogP contribution >= 0.6 is 11.3 Å². The number of hydrogen-bond donors (Lipinski definition) is 0. The average Bonchev–Trinajstić information content (AvgIpc) is 3.19. The van der Waals surface area contributed by atoms with Crippen LogP contribution < -0.4 is 0 Å². The second kappa shape index (κ2) is 8.66. The summed E-state index contributed by atoms with van der Waals surface area (Å²) in [6.07, 6.45) is -3.74. The van der Waals surface area contributed by atoms with Gasteiger partial charge in [-0.1, -0.05) is 24.3 Å². The maximum Gasteiger partial charge on any atom is 0.417 e. The lowest BCUT2D eigenvalue weighted by atomic mass is 10.1. The molecule has 0 spiro atoms. The highest BCUT2D eigenvalue weighted by Crippen LogP contribution is 2.32. The molecule has 1 aromatic heterocycles. The molecule has 3 aromatic rings. The molecule has 1 aliphatic heterocycles. The number of nitrogens with zero attached hydrogens (tertiary/aromatic N) is 3. The van der Waals surface area contributed by atoms with E-state index in [0.29, 0.717) is 25.9 Å². The zero-order valence-corrected chi connectivity index (χ0v) is 17.4. The first-order chi connectivity index (χ1) is 14.8. The summed E-state index contributed by atoms with van der Waals surface area (Å²) in [7, 11) is 0. The van der Waals surface area contributed by atoms with Crippen LogP contribution in [-0.4, -0.2) is 52.8 Å². The van der Waals surface area contributed by atoms with Gasteiger partial charge in [-0.15, -0.1) is 11.3 Å². The van der Waals surface area contributed by atoms with E-state index in [4.69, 9.17) is 0 Å². The Balaban J connectivity index is 1.33. The van der Waals surface area contributed by atoms with E-state index in [1.165, 1.54) is 23.1 Å². The van der Waals surface area contributed by atoms with Crippen molar-refractivity contribution in [3.8, 4) is 0 Å². The summed E-state index contributed by atoms with van der Waals surface area (Å²) < 4.78 is 40.7. The van der Waals surface area contributed by atoms with Gasteiger partial charge < -0.3 is 9.80 Å². The Morgan fingerprint density at radius 1 is 0.935 bits per heavy atom. The lowest BCUT2D eigenvalue weighted by Gasteiger charge is -2.35. The third-order valence-corrected chi connectivity index (χ3v) is 6.37. The van der Waals surface area contributed by atoms with Crippen molar-refractivity contribution in [3.05, 3.63) is 64.7 Å². The molecule has 0 aliphatic carbocycles. The highest BCUT2D eigenvalue weighted by molar-refractivity contribution is 7.18. The maximum absolute atomic E-state index is 13.2. The van der Waals surface area contributed by atoms with Crippen molar-refractivity contribution in [2.24, 2.45) is 0 Å². The molecule has 1 saturated heterocycles. The van der Waals surface area contributed by atoms with Gasteiger partial charge in [0, 0.05) is 39.0 Å². The molecule has 1 fully saturated rings. The zero-order valence-electron chi connectivity index (χ0n) is 16.6. The highest BCUT2D eigenvalue weighted by atomic mass is 32.1. The first kappa shape index (κ1) is 21.3. The van der Waals surface area contributed by atoms with E-state index < -0.39 is 17.6 Å². The number of carbonyl (C=O) groups is 2. The molecule has 5 nitrogen and oxygen atoms in total. The first-order valence-corrected chi connectivity index (χ1v) is 10.7. The number of aryl methyl sites for hydroxylation is 1. The van der Waals surface area contributed by atoms with Crippen LogP contribution in [0, 0.1) is 0 Å². The number of para-hydroxylation sites is 1. The molecule has 31 heavy (non-hydrogen) atoms. The largest absolute Gasteiger partial charge is 0.417 e. The zero-order chi connectivity index (χ0) is 22.0. The van der Waals surface area contributed by atoms with Crippen molar-refractivity contribution < 1.29 is 22.8 Å². The molecule has 0 atom stereocenters. The van der Waals surface area contributed by atoms with Crippen molar-refractivity contribution in [2.75, 3.05) is 26.2 Å². The molecule has 1 aliphatic rings. The molecule has 4 rings (SSSR count). The van der Waals surface area contributed by atoms with Crippen molar-refractivity contribution >= 4 is 33.4 Å². The lowest BCUT2D eigenvalue weighted by Crippen LogP contribution is -2.50. The first-order valence-electron chi connectivity index (χ1n) is 9.90. The number of fused-ring (bicyclic) bond motifs is 1. The molecule has 2 heterocycles. The fourth-order valence-electron chi connectivity index (χ4n) is 3.64. The van der Waals surface area contributed by atoms with Gasteiger partial charge >= 0.3 is 6.18 Å². The standard InChI is InChI=1S/C22H20F3N3O2S/c23-22(24,25)16-6-2-1-5-15(16)21(30)28-13-11-27(12-14-28)20(29)10-9-19-26-17-7-3-4-8-18(17)31-19/h1-8H,9-14H2. The topological polar surface area (TPSA) is 53.5 Å². The minimum absolute atomic E-state index is 0.0398. The summed E-state index contributed by atoms with van der Waals surface area (Å²) in [6.45, 7) is 1.02. The van der Waals surface area contributed by atoms with Crippen LogP contribution in [0.1, 0.15) is 27.3 Å². The molecule has 162 valence electrons. The summed E-state index contributed by atoms with van der Waals surface area (Å²) in [5, 5.41) is 0.895. The van der Waals surface area contributed by atoms with Gasteiger partial charge in [-0.2, -0.15) is 13.2 Å². The van der Waals surface area contributed by atoms with Gasteiger partial charge in [0.05, 0.1) is 26.4 Å². The molecular weight excluding hydrogens is 427 g/mol. The van der Waals surface area contributed by atoms with Crippen molar-refractivity contribution in [3.63, 3.8) is 0 Å². The van der Waals surface area contributed by atoms with Gasteiger partial charge in [0.15, 0.2) is 0 Å². The number of hydrogen-bond acceptors (Lipinski definition) is 4. The number of aromatic nitrogens is 1. The Morgan fingerprint density at radius 2 is 1.58 bits per heavy atom. The summed E-state index contributed by atoms with van der Waals surface area (Å²) in [5.74, 6) is -0.698. The Hall–Kier alpha value is -2.94. The maximum atomic E-state index is 13.2. The van der Waals surface area contributed by atoms with E-state index in [9.17, 15) is 22.8 Å². The summed E-state index contributed by atoms with van der Waals surface area (Å²) in [6, 6.07) is 12.6. The molecule has 9 heteroatoms. The number of rotatable bonds is 4. The summed E-state index contributed by atoms with van der Waals surface area (Å²) >= 11 is 1.56. The van der Waals surface area contributed by atoms with Crippen LogP contribution in [0.2, 0.25) is 0 Å². The van der Waals surface area contributed by atoms with E-state index >= 15 is 0 Å². The molecule has 0 bridgehead atoms. The number of carbonyl (C=O) groups excluding carboxylic acids is 2. The van der Waals surface area contributed by atoms with Gasteiger partial charge in [-0.25, -0.2) is 4.98 Å². The van der Waals surface area contributed by atoms with Gasteiger partial charge in [-0.05, 0) is 24.3 Å². The van der Waals surface area contributed by atoms with Crippen molar-refractivity contribution in [1.29, 1.82) is 0 Å². The second-order valence-electron chi connectivity index (χ2n) is 7.29. The van der Waals surface area contributed by atoms with Gasteiger partial charge in [0.2, 0.25) is 5.91 Å². The number of thiazole rings is 1. The summed E-state index contributed by atoms with van der Waals surface area (Å²) in [5.41, 5.74) is -0.374. The van der Waals surface area contributed by atoms with E-state index in [1.807, 2.05) is 24.3 Å². The fourth-order valence-corrected chi connectivity index (χ4v) is 4.61. The normalized spacial score (nSPS) is 14.8. The Kier molecular flexibility index (Phi) is 5.95. The Morgan fingerprint density at radius 3 is 2.29 bits per heavy atom. The predicted octanol–water partition coefficient (Wildman–Crippen LogP) is 4.23. The quantitative estimate of drug-likeness (QED) is 0.602. The Bertz CT molecular complexity index is 1070. The van der Waals surface area contributed by atoms with Crippen LogP contribution in [0.5, 0.6) is 0 Å². The molecule has 0 radical (unpaired) electrons. The van der Waals surface area contributed by atoms with Crippen LogP contribution in [-0.2, 0) is 17.4 Å². The van der Waals surface area contributed by atoms with Gasteiger partial charge in [-0.3, -0.25) is 9.59 Å². The van der Waals surface area contributed by atoms with Crippen molar-refractivity contribution in [1.82, 2.24) is 14.8 Å². The van der Waals surface area contributed by atoms with Crippen LogP contribution in [0.25, 0.3) is 10.2 Å². The van der Waals surface area contributed by atoms with Gasteiger partial charge in [0.25, 0.3) is 5.91 Å². The summed E-state index contributed by atoms with van der Waals surface area (Å²) in [4.78, 5) is 32.8. The van der Waals surface area contributed by atoms with Gasteiger partial charge in [0.1, 0.15) is 0 Å². The third-order valence-electron chi connectivity index (χ3n) is 5.27. The SMILES string of the molecule is O=C(CCc1nc2ccccc2s1)N1CCN(C(=O)c2ccccc2C(F)(F)F)CC1. The molecule has 2 amide bonds. The molecular formula is C22H20F3N3O2S. The number of alkyl halides is 3. The molecule has 0 unspecified atom stereocenters. The molecule has 2 aromatic carbocycles. The number of halogens is 3. The van der Waals surface area contributed by atoms with Crippen molar-refractivity contribution in [2.45, 2.75) is 19.0 Å². The smallest absolute Gasteiger partial charge is 0.339 e. The average molecular weight is 447 g/mol. The lowest BCUT2D eigenvalue weighted by molar-refractivity contribution is -0.138.